The van der Waals surface area contributed by atoms with Crippen molar-refractivity contribution in [2.24, 2.45) is 0 Å². The molecule has 1 heterocycles. The minimum atomic E-state index is -0.198. The molecule has 2 atom stereocenters. The average Bonchev–Trinajstić information content (AvgIpc) is 3.27. The Kier molecular flexibility index (Phi) is 7.63. The number of hydrogen-bond donors (Lipinski definition) is 0. The predicted octanol–water partition coefficient (Wildman–Crippen LogP) is 11.4. The van der Waals surface area contributed by atoms with Crippen molar-refractivity contribution in [3.05, 3.63) is 161 Å². The molecule has 0 bridgehead atoms. The van der Waals surface area contributed by atoms with Gasteiger partial charge in [0, 0.05) is 24.0 Å². The summed E-state index contributed by atoms with van der Waals surface area (Å²) in [5, 5.41) is 5.21. The third-order valence-electron chi connectivity index (χ3n) is 11.0. The van der Waals surface area contributed by atoms with Crippen LogP contribution >= 0.6 is 0 Å². The zero-order chi connectivity index (χ0) is 32.9. The van der Waals surface area contributed by atoms with E-state index in [1.807, 2.05) is 0 Å². The maximum Gasteiger partial charge on any atom is 0.209 e. The molecule has 2 heteroatoms. The molecule has 1 aliphatic heterocycles. The topological polar surface area (TPSA) is 12.2 Å². The highest BCUT2D eigenvalue weighted by atomic mass is 16.5. The highest BCUT2D eigenvalue weighted by molar-refractivity contribution is 6.02. The minimum Gasteiger partial charge on any atom is -0.457 e. The lowest BCUT2D eigenvalue weighted by Gasteiger charge is -2.34. The van der Waals surface area contributed by atoms with Gasteiger partial charge in [-0.25, -0.2) is 4.58 Å². The van der Waals surface area contributed by atoms with Crippen LogP contribution in [0.1, 0.15) is 55.5 Å². The molecule has 2 nitrogen and oxygen atoms in total. The Morgan fingerprint density at radius 1 is 0.723 bits per heavy atom. The average molecular weight is 615 g/mol. The lowest BCUT2D eigenvalue weighted by Crippen LogP contribution is -2.32. The number of hydrogen-bond acceptors (Lipinski definition) is 1. The highest BCUT2D eigenvalue weighted by Crippen LogP contribution is 2.46. The molecule has 1 aliphatic rings. The van der Waals surface area contributed by atoms with Crippen molar-refractivity contribution in [3.8, 4) is 11.5 Å². The molecule has 0 amide bonds. The molecule has 6 aromatic rings. The summed E-state index contributed by atoms with van der Waals surface area (Å²) in [7, 11) is 2.19. The van der Waals surface area contributed by atoms with E-state index < -0.39 is 0 Å². The molecule has 2 unspecified atom stereocenters. The van der Waals surface area contributed by atoms with E-state index in [2.05, 4.69) is 174 Å². The Morgan fingerprint density at radius 3 is 1.91 bits per heavy atom. The summed E-state index contributed by atoms with van der Waals surface area (Å²) in [6.45, 7) is 15.9. The zero-order valence-electron chi connectivity index (χ0n) is 28.5. The smallest absolute Gasteiger partial charge is 0.209 e. The van der Waals surface area contributed by atoms with Gasteiger partial charge in [-0.2, -0.15) is 0 Å². The third kappa shape index (κ3) is 5.26. The summed E-state index contributed by atoms with van der Waals surface area (Å²) in [5.41, 5.74) is 10.2. The van der Waals surface area contributed by atoms with Crippen LogP contribution in [0.4, 0.5) is 5.69 Å². The largest absolute Gasteiger partial charge is 0.457 e. The molecule has 0 radical (unpaired) electrons. The lowest BCUT2D eigenvalue weighted by atomic mass is 9.69. The van der Waals surface area contributed by atoms with Crippen LogP contribution in [0.5, 0.6) is 11.5 Å². The normalized spacial score (nSPS) is 17.1. The minimum absolute atomic E-state index is 0.0912. The van der Waals surface area contributed by atoms with Gasteiger partial charge in [0.25, 0.3) is 0 Å². The molecule has 0 saturated heterocycles. The van der Waals surface area contributed by atoms with E-state index in [1.165, 1.54) is 66.3 Å². The van der Waals surface area contributed by atoms with Crippen LogP contribution in [0.15, 0.2) is 133 Å². The Bertz CT molecular complexity index is 2190. The summed E-state index contributed by atoms with van der Waals surface area (Å²) in [4.78, 5) is 0. The van der Waals surface area contributed by atoms with E-state index in [1.54, 1.807) is 0 Å². The second-order valence-corrected chi connectivity index (χ2v) is 14.0. The van der Waals surface area contributed by atoms with Crippen LogP contribution in [0.2, 0.25) is 0 Å². The molecule has 0 aliphatic carbocycles. The van der Waals surface area contributed by atoms with Gasteiger partial charge in [0.2, 0.25) is 5.69 Å². The first kappa shape index (κ1) is 30.7. The summed E-state index contributed by atoms with van der Waals surface area (Å²) in [5.74, 6) is 1.69. The molecule has 0 fully saturated rings. The Labute approximate surface area is 279 Å². The summed E-state index contributed by atoms with van der Waals surface area (Å²) < 4.78 is 8.71. The first-order valence-electron chi connectivity index (χ1n) is 16.7. The molecule has 234 valence electrons. The summed E-state index contributed by atoms with van der Waals surface area (Å²) in [6.07, 6.45) is 1.80. The van der Waals surface area contributed by atoms with Crippen molar-refractivity contribution in [1.82, 2.24) is 0 Å². The van der Waals surface area contributed by atoms with Gasteiger partial charge < -0.3 is 4.74 Å². The summed E-state index contributed by atoms with van der Waals surface area (Å²) in [6, 6.07) is 43.7. The first-order valence-corrected chi connectivity index (χ1v) is 16.7. The van der Waals surface area contributed by atoms with Gasteiger partial charge >= 0.3 is 0 Å². The Morgan fingerprint density at radius 2 is 1.28 bits per heavy atom. The quantitative estimate of drug-likeness (QED) is 0.123. The van der Waals surface area contributed by atoms with Gasteiger partial charge in [-0.3, -0.25) is 0 Å². The number of nitrogens with zero attached hydrogens (tertiary/aromatic N) is 1. The fourth-order valence-electron chi connectivity index (χ4n) is 7.94. The maximum absolute atomic E-state index is 6.34. The number of allylic oxidation sites excluding steroid dienone is 1. The summed E-state index contributed by atoms with van der Waals surface area (Å²) >= 11 is 0. The van der Waals surface area contributed by atoms with Crippen molar-refractivity contribution < 1.29 is 9.31 Å². The zero-order valence-corrected chi connectivity index (χ0v) is 28.5. The second-order valence-electron chi connectivity index (χ2n) is 14.0. The SMILES string of the molecule is C=C(C)C(C)(Cc1ccc(Oc2ccc(CC3(C)C(C)=[N+](C)c4ccc5ccccc5c43)cc2)cc1)c1c(C)ccc2ccccc12. The van der Waals surface area contributed by atoms with Crippen LogP contribution in [-0.4, -0.2) is 17.3 Å². The van der Waals surface area contributed by atoms with E-state index in [4.69, 9.17) is 4.74 Å². The highest BCUT2D eigenvalue weighted by Gasteiger charge is 2.46. The molecule has 7 rings (SSSR count). The second kappa shape index (κ2) is 11.7. The van der Waals surface area contributed by atoms with Crippen LogP contribution in [0.3, 0.4) is 0 Å². The molecule has 0 N–H and O–H groups in total. The van der Waals surface area contributed by atoms with Crippen molar-refractivity contribution in [2.45, 2.75) is 58.3 Å². The van der Waals surface area contributed by atoms with Gasteiger partial charge in [-0.05, 0) is 108 Å². The van der Waals surface area contributed by atoms with E-state index in [-0.39, 0.29) is 10.8 Å². The van der Waals surface area contributed by atoms with Gasteiger partial charge in [-0.1, -0.05) is 104 Å². The van der Waals surface area contributed by atoms with E-state index in [0.29, 0.717) is 0 Å². The fraction of sp³-hybridized carbons (Fsp3) is 0.222. The van der Waals surface area contributed by atoms with Gasteiger partial charge in [-0.15, -0.1) is 0 Å². The molecule has 6 aromatic carbocycles. The van der Waals surface area contributed by atoms with Crippen LogP contribution in [0.25, 0.3) is 21.5 Å². The van der Waals surface area contributed by atoms with Crippen molar-refractivity contribution in [1.29, 1.82) is 0 Å². The monoisotopic (exact) mass is 614 g/mol. The van der Waals surface area contributed by atoms with Gasteiger partial charge in [0.15, 0.2) is 5.71 Å². The molecule has 0 saturated carbocycles. The number of aryl methyl sites for hydroxylation is 1. The van der Waals surface area contributed by atoms with Crippen LogP contribution in [-0.2, 0) is 23.7 Å². The lowest BCUT2D eigenvalue weighted by molar-refractivity contribution is -0.403. The first-order chi connectivity index (χ1) is 22.6. The molecule has 0 aromatic heterocycles. The molecule has 0 spiro atoms. The third-order valence-corrected chi connectivity index (χ3v) is 11.0. The van der Waals surface area contributed by atoms with Crippen molar-refractivity contribution in [3.63, 3.8) is 0 Å². The number of benzene rings is 6. The Hall–Kier alpha value is -4.95. The Balaban J connectivity index is 1.09. The van der Waals surface area contributed by atoms with Crippen LogP contribution in [0, 0.1) is 6.92 Å². The van der Waals surface area contributed by atoms with Gasteiger partial charge in [0.05, 0.1) is 5.41 Å². The van der Waals surface area contributed by atoms with Crippen molar-refractivity contribution in [2.75, 3.05) is 7.05 Å². The van der Waals surface area contributed by atoms with Crippen LogP contribution < -0.4 is 4.74 Å². The number of rotatable bonds is 8. The van der Waals surface area contributed by atoms with E-state index >= 15 is 0 Å². The fourth-order valence-corrected chi connectivity index (χ4v) is 7.94. The number of ether oxygens (including phenoxy) is 1. The maximum atomic E-state index is 6.34. The molecular weight excluding hydrogens is 571 g/mol. The van der Waals surface area contributed by atoms with E-state index in [0.717, 1.165) is 24.3 Å². The molecule has 47 heavy (non-hydrogen) atoms. The predicted molar refractivity (Wildman–Crippen MR) is 199 cm³/mol. The standard InChI is InChI=1S/C45H44NO/c1-30(2)44(5,42-31(3)16-21-35-12-8-10-14-39(35)42)28-33-17-23-37(24-18-33)47-38-25-19-34(20-26-38)29-45(6)32(4)46(7)41-27-22-36-13-9-11-15-40(36)43(41)45/h8-27H,1,28-29H2,2-7H3/q+1. The van der Waals surface area contributed by atoms with E-state index in [9.17, 15) is 0 Å². The van der Waals surface area contributed by atoms with Gasteiger partial charge in [0.1, 0.15) is 18.5 Å². The number of fused-ring (bicyclic) bond motifs is 4. The molecular formula is C45H44NO+. The van der Waals surface area contributed by atoms with Crippen molar-refractivity contribution >= 4 is 32.9 Å².